The summed E-state index contributed by atoms with van der Waals surface area (Å²) in [6, 6.07) is 25.5. The van der Waals surface area contributed by atoms with Crippen LogP contribution in [0.25, 0.3) is 5.69 Å². The average molecular weight is 483 g/mol. The molecule has 1 fully saturated rings. The van der Waals surface area contributed by atoms with Crippen molar-refractivity contribution in [2.24, 2.45) is 0 Å². The first kappa shape index (κ1) is 22.8. The topological polar surface area (TPSA) is 59.4 Å². The first-order chi connectivity index (χ1) is 17.1. The van der Waals surface area contributed by atoms with E-state index in [-0.39, 0.29) is 18.1 Å². The largest absolute Gasteiger partial charge is 0.465 e. The molecule has 6 nitrogen and oxygen atoms in total. The van der Waals surface area contributed by atoms with E-state index < -0.39 is 0 Å². The summed E-state index contributed by atoms with van der Waals surface area (Å²) >= 11 is 5.86. The molecule has 176 valence electrons. The molecule has 0 spiro atoms. The van der Waals surface area contributed by atoms with E-state index >= 15 is 0 Å². The first-order valence-corrected chi connectivity index (χ1v) is 12.0. The van der Waals surface area contributed by atoms with E-state index in [1.165, 1.54) is 12.7 Å². The van der Waals surface area contributed by atoms with Crippen LogP contribution in [0.3, 0.4) is 0 Å². The van der Waals surface area contributed by atoms with E-state index in [1.807, 2.05) is 53.2 Å². The van der Waals surface area contributed by atoms with Crippen LogP contribution in [-0.4, -0.2) is 27.7 Å². The number of aryl methyl sites for hydroxylation is 1. The molecule has 4 aromatic rings. The van der Waals surface area contributed by atoms with Crippen LogP contribution >= 0.6 is 12.2 Å². The number of hydrogen-bond acceptors (Lipinski definition) is 4. The highest BCUT2D eigenvalue weighted by Gasteiger charge is 2.42. The minimum Gasteiger partial charge on any atom is -0.465 e. The van der Waals surface area contributed by atoms with E-state index in [2.05, 4.69) is 52.5 Å². The van der Waals surface area contributed by atoms with E-state index in [9.17, 15) is 4.79 Å². The van der Waals surface area contributed by atoms with Gasteiger partial charge >= 0.3 is 5.97 Å². The summed E-state index contributed by atoms with van der Waals surface area (Å²) in [6.45, 7) is 2.14. The highest BCUT2D eigenvalue weighted by Crippen LogP contribution is 2.42. The molecule has 35 heavy (non-hydrogen) atoms. The van der Waals surface area contributed by atoms with Crippen molar-refractivity contribution in [3.05, 3.63) is 114 Å². The Bertz CT molecular complexity index is 1350. The molecule has 0 aliphatic carbocycles. The third-order valence-corrected chi connectivity index (χ3v) is 6.69. The van der Waals surface area contributed by atoms with Crippen molar-refractivity contribution in [2.75, 3.05) is 12.0 Å². The number of anilines is 1. The SMILES string of the molecule is CCc1ccc(N2C(=S)N[C@@H](c3ccccn3)[C@H]2c2cccn2-c2ccccc2C(=O)OC)cc1. The monoisotopic (exact) mass is 482 g/mol. The number of rotatable bonds is 6. The normalized spacial score (nSPS) is 17.3. The molecule has 1 aliphatic rings. The number of benzene rings is 2. The number of pyridine rings is 1. The molecule has 2 atom stereocenters. The van der Waals surface area contributed by atoms with E-state index in [1.54, 1.807) is 12.3 Å². The number of para-hydroxylation sites is 1. The van der Waals surface area contributed by atoms with Crippen LogP contribution in [0.4, 0.5) is 5.69 Å². The fraction of sp³-hybridized carbons (Fsp3) is 0.179. The van der Waals surface area contributed by atoms with Crippen LogP contribution in [0.15, 0.2) is 91.3 Å². The quantitative estimate of drug-likeness (QED) is 0.293. The van der Waals surface area contributed by atoms with Crippen LogP contribution in [0.5, 0.6) is 0 Å². The average Bonchev–Trinajstić information content (AvgIpc) is 3.53. The molecule has 0 unspecified atom stereocenters. The Kier molecular flexibility index (Phi) is 6.33. The molecule has 1 N–H and O–H groups in total. The van der Waals surface area contributed by atoms with Gasteiger partial charge in [-0.15, -0.1) is 0 Å². The number of ether oxygens (including phenoxy) is 1. The van der Waals surface area contributed by atoms with E-state index in [0.29, 0.717) is 10.7 Å². The molecule has 2 aromatic heterocycles. The van der Waals surface area contributed by atoms with Crippen molar-refractivity contribution in [3.8, 4) is 5.69 Å². The Balaban J connectivity index is 1.67. The molecule has 0 amide bonds. The lowest BCUT2D eigenvalue weighted by Crippen LogP contribution is -2.30. The van der Waals surface area contributed by atoms with E-state index in [4.69, 9.17) is 17.0 Å². The van der Waals surface area contributed by atoms with Gasteiger partial charge in [0.15, 0.2) is 5.11 Å². The van der Waals surface area contributed by atoms with Gasteiger partial charge in [-0.05, 0) is 72.7 Å². The second-order valence-corrected chi connectivity index (χ2v) is 8.72. The standard InChI is InChI=1S/C28H26N4O2S/c1-3-19-13-15-20(16-14-19)32-26(25(30-28(32)35)22-10-6-7-17-29-22)24-12-8-18-31(24)23-11-5-4-9-21(23)27(33)34-2/h4-18,25-26H,3H2,1-2H3,(H,30,35)/t25-,26+/m0/s1. The highest BCUT2D eigenvalue weighted by atomic mass is 32.1. The minimum absolute atomic E-state index is 0.187. The van der Waals surface area contributed by atoms with Gasteiger partial charge in [-0.2, -0.15) is 0 Å². The number of esters is 1. The van der Waals surface area contributed by atoms with Crippen LogP contribution in [-0.2, 0) is 11.2 Å². The number of aromatic nitrogens is 2. The van der Waals surface area contributed by atoms with Gasteiger partial charge in [-0.25, -0.2) is 4.79 Å². The van der Waals surface area contributed by atoms with Crippen molar-refractivity contribution in [1.29, 1.82) is 0 Å². The molecule has 0 bridgehead atoms. The second kappa shape index (κ2) is 9.72. The Morgan fingerprint density at radius 2 is 1.80 bits per heavy atom. The number of nitrogens with zero attached hydrogens (tertiary/aromatic N) is 3. The molecule has 7 heteroatoms. The van der Waals surface area contributed by atoms with Gasteiger partial charge in [0.1, 0.15) is 6.04 Å². The van der Waals surface area contributed by atoms with Crippen LogP contribution in [0.1, 0.15) is 46.3 Å². The third-order valence-electron chi connectivity index (χ3n) is 6.37. The zero-order chi connectivity index (χ0) is 24.4. The minimum atomic E-state index is -0.381. The maximum Gasteiger partial charge on any atom is 0.339 e. The fourth-order valence-electron chi connectivity index (χ4n) is 4.65. The smallest absolute Gasteiger partial charge is 0.339 e. The van der Waals surface area contributed by atoms with Crippen molar-refractivity contribution < 1.29 is 9.53 Å². The van der Waals surface area contributed by atoms with Gasteiger partial charge in [0.2, 0.25) is 0 Å². The Hall–Kier alpha value is -3.97. The molecule has 1 aliphatic heterocycles. The summed E-state index contributed by atoms with van der Waals surface area (Å²) in [5.41, 5.74) is 5.37. The number of hydrogen-bond donors (Lipinski definition) is 1. The molecule has 0 radical (unpaired) electrons. The first-order valence-electron chi connectivity index (χ1n) is 11.6. The summed E-state index contributed by atoms with van der Waals surface area (Å²) < 4.78 is 7.09. The Morgan fingerprint density at radius 1 is 1.03 bits per heavy atom. The summed E-state index contributed by atoms with van der Waals surface area (Å²) in [4.78, 5) is 19.3. The van der Waals surface area contributed by atoms with Gasteiger partial charge in [-0.3, -0.25) is 4.98 Å². The lowest BCUT2D eigenvalue weighted by Gasteiger charge is -2.29. The van der Waals surface area contributed by atoms with Crippen molar-refractivity contribution in [3.63, 3.8) is 0 Å². The zero-order valence-corrected chi connectivity index (χ0v) is 20.4. The lowest BCUT2D eigenvalue weighted by molar-refractivity contribution is 0.0600. The van der Waals surface area contributed by atoms with Gasteiger partial charge in [0.05, 0.1) is 30.1 Å². The molecule has 3 heterocycles. The molecular formula is C28H26N4O2S. The van der Waals surface area contributed by atoms with Gasteiger partial charge in [-0.1, -0.05) is 37.3 Å². The maximum absolute atomic E-state index is 12.6. The highest BCUT2D eigenvalue weighted by molar-refractivity contribution is 7.80. The maximum atomic E-state index is 12.6. The second-order valence-electron chi connectivity index (χ2n) is 8.33. The molecule has 5 rings (SSSR count). The number of nitrogens with one attached hydrogen (secondary N) is 1. The number of carbonyl (C=O) groups excluding carboxylic acids is 1. The van der Waals surface area contributed by atoms with Gasteiger partial charge in [0.25, 0.3) is 0 Å². The predicted octanol–water partition coefficient (Wildman–Crippen LogP) is 5.40. The third kappa shape index (κ3) is 4.19. The van der Waals surface area contributed by atoms with Crippen LogP contribution in [0, 0.1) is 0 Å². The van der Waals surface area contributed by atoms with Crippen molar-refractivity contribution in [2.45, 2.75) is 25.4 Å². The van der Waals surface area contributed by atoms with E-state index in [0.717, 1.165) is 29.2 Å². The zero-order valence-electron chi connectivity index (χ0n) is 19.6. The van der Waals surface area contributed by atoms with Crippen molar-refractivity contribution in [1.82, 2.24) is 14.9 Å². The Morgan fingerprint density at radius 3 is 2.51 bits per heavy atom. The molecular weight excluding hydrogens is 456 g/mol. The number of carbonyl (C=O) groups is 1. The number of thiocarbonyl (C=S) groups is 1. The summed E-state index contributed by atoms with van der Waals surface area (Å²) in [7, 11) is 1.40. The molecule has 0 saturated carbocycles. The lowest BCUT2D eigenvalue weighted by atomic mass is 10.00. The summed E-state index contributed by atoms with van der Waals surface area (Å²) in [6.07, 6.45) is 4.73. The fourth-order valence-corrected chi connectivity index (χ4v) is 4.99. The van der Waals surface area contributed by atoms with Gasteiger partial charge < -0.3 is 19.5 Å². The summed E-state index contributed by atoms with van der Waals surface area (Å²) in [5, 5.41) is 4.13. The van der Waals surface area contributed by atoms with Crippen LogP contribution < -0.4 is 10.2 Å². The van der Waals surface area contributed by atoms with Gasteiger partial charge in [0, 0.05) is 23.8 Å². The van der Waals surface area contributed by atoms with Crippen LogP contribution in [0.2, 0.25) is 0 Å². The number of methoxy groups -OCH3 is 1. The summed E-state index contributed by atoms with van der Waals surface area (Å²) in [5.74, 6) is -0.381. The Labute approximate surface area is 210 Å². The van der Waals surface area contributed by atoms with Crippen molar-refractivity contribution >= 4 is 29.0 Å². The molecule has 1 saturated heterocycles. The molecule has 2 aromatic carbocycles. The predicted molar refractivity (Wildman–Crippen MR) is 141 cm³/mol.